The van der Waals surface area contributed by atoms with Crippen LogP contribution in [-0.4, -0.2) is 11.8 Å². The first kappa shape index (κ1) is 18.0. The van der Waals surface area contributed by atoms with Gasteiger partial charge in [-0.15, -0.1) is 0 Å². The summed E-state index contributed by atoms with van der Waals surface area (Å²) in [5, 5.41) is 6.16. The lowest BCUT2D eigenvalue weighted by molar-refractivity contribution is -0.138. The molecule has 0 aromatic heterocycles. The van der Waals surface area contributed by atoms with Gasteiger partial charge >= 0.3 is 0 Å². The topological polar surface area (TPSA) is 58.2 Å². The summed E-state index contributed by atoms with van der Waals surface area (Å²) < 4.78 is 0. The number of anilines is 1. The van der Waals surface area contributed by atoms with Crippen LogP contribution in [-0.2, 0) is 16.1 Å². The molecule has 0 radical (unpaired) electrons. The molecule has 0 saturated carbocycles. The Balaban J connectivity index is 1.99. The van der Waals surface area contributed by atoms with E-state index in [0.717, 1.165) is 11.1 Å². The quantitative estimate of drug-likeness (QED) is 0.807. The summed E-state index contributed by atoms with van der Waals surface area (Å²) in [6.07, 6.45) is 0. The van der Waals surface area contributed by atoms with Gasteiger partial charge in [0.05, 0.1) is 0 Å². The Morgan fingerprint density at radius 1 is 1.00 bits per heavy atom. The smallest absolute Gasteiger partial charge is 0.239 e. The lowest BCUT2D eigenvalue weighted by Gasteiger charge is -2.23. The van der Waals surface area contributed by atoms with Gasteiger partial charge in [-0.3, -0.25) is 9.59 Å². The second kappa shape index (κ2) is 7.49. The summed E-state index contributed by atoms with van der Waals surface area (Å²) >= 11 is 5.82. The van der Waals surface area contributed by atoms with E-state index >= 15 is 0 Å². The summed E-state index contributed by atoms with van der Waals surface area (Å²) in [6.45, 7) is 5.58. The minimum absolute atomic E-state index is 0.322. The van der Waals surface area contributed by atoms with Crippen molar-refractivity contribution in [1.29, 1.82) is 0 Å². The van der Waals surface area contributed by atoms with Gasteiger partial charge in [0.15, 0.2) is 0 Å². The number of benzene rings is 2. The maximum absolute atomic E-state index is 12.4. The Labute approximate surface area is 147 Å². The number of aryl methyl sites for hydroxylation is 1. The molecule has 2 aromatic carbocycles. The van der Waals surface area contributed by atoms with Crippen LogP contribution >= 0.6 is 11.6 Å². The van der Waals surface area contributed by atoms with Gasteiger partial charge in [-0.25, -0.2) is 0 Å². The second-order valence-electron chi connectivity index (χ2n) is 6.20. The van der Waals surface area contributed by atoms with Crippen LogP contribution in [0.4, 0.5) is 5.69 Å². The number of rotatable bonds is 5. The van der Waals surface area contributed by atoms with Crippen molar-refractivity contribution < 1.29 is 9.59 Å². The van der Waals surface area contributed by atoms with E-state index in [2.05, 4.69) is 10.6 Å². The highest BCUT2D eigenvalue weighted by Crippen LogP contribution is 2.21. The molecule has 5 heteroatoms. The highest BCUT2D eigenvalue weighted by Gasteiger charge is 2.35. The lowest BCUT2D eigenvalue weighted by Crippen LogP contribution is -2.44. The fourth-order valence-electron chi connectivity index (χ4n) is 2.13. The normalized spacial score (nSPS) is 11.0. The maximum Gasteiger partial charge on any atom is 0.239 e. The standard InChI is InChI=1S/C19H21ClN2O2/c1-13-6-4-5-7-14(13)12-21-17(23)19(2,3)18(24)22-16-10-8-15(20)9-11-16/h4-11H,12H2,1-3H3,(H,21,23)(H,22,24). The zero-order valence-electron chi connectivity index (χ0n) is 14.0. The van der Waals surface area contributed by atoms with Crippen molar-refractivity contribution in [3.63, 3.8) is 0 Å². The number of hydrogen-bond acceptors (Lipinski definition) is 2. The van der Waals surface area contributed by atoms with E-state index in [0.29, 0.717) is 17.3 Å². The van der Waals surface area contributed by atoms with Crippen molar-refractivity contribution in [3.8, 4) is 0 Å². The zero-order chi connectivity index (χ0) is 17.7. The number of carbonyl (C=O) groups excluding carboxylic acids is 2. The largest absolute Gasteiger partial charge is 0.351 e. The molecule has 24 heavy (non-hydrogen) atoms. The summed E-state index contributed by atoms with van der Waals surface area (Å²) in [4.78, 5) is 24.9. The Morgan fingerprint density at radius 3 is 2.25 bits per heavy atom. The number of hydrogen-bond donors (Lipinski definition) is 2. The molecule has 126 valence electrons. The summed E-state index contributed by atoms with van der Waals surface area (Å²) in [7, 11) is 0. The molecule has 2 N–H and O–H groups in total. The van der Waals surface area contributed by atoms with Crippen LogP contribution in [0.1, 0.15) is 25.0 Å². The van der Waals surface area contributed by atoms with Crippen molar-refractivity contribution in [3.05, 3.63) is 64.7 Å². The van der Waals surface area contributed by atoms with E-state index in [1.54, 1.807) is 38.1 Å². The minimum atomic E-state index is -1.19. The molecular formula is C19H21ClN2O2. The molecule has 0 atom stereocenters. The van der Waals surface area contributed by atoms with Gasteiger partial charge in [-0.05, 0) is 56.2 Å². The second-order valence-corrected chi connectivity index (χ2v) is 6.63. The molecule has 0 spiro atoms. The molecule has 0 aliphatic rings. The average molecular weight is 345 g/mol. The molecule has 0 unspecified atom stereocenters. The van der Waals surface area contributed by atoms with Gasteiger partial charge in [-0.2, -0.15) is 0 Å². The molecule has 2 rings (SSSR count). The van der Waals surface area contributed by atoms with Gasteiger partial charge in [0.1, 0.15) is 5.41 Å². The molecular weight excluding hydrogens is 324 g/mol. The Kier molecular flexibility index (Phi) is 5.62. The monoisotopic (exact) mass is 344 g/mol. The van der Waals surface area contributed by atoms with Crippen LogP contribution < -0.4 is 10.6 Å². The van der Waals surface area contributed by atoms with Crippen molar-refractivity contribution in [1.82, 2.24) is 5.32 Å². The molecule has 0 heterocycles. The first-order valence-corrected chi connectivity index (χ1v) is 8.08. The highest BCUT2D eigenvalue weighted by atomic mass is 35.5. The molecule has 0 bridgehead atoms. The molecule has 0 saturated heterocycles. The third-order valence-electron chi connectivity index (χ3n) is 3.94. The number of halogens is 1. The Hall–Kier alpha value is -2.33. The van der Waals surface area contributed by atoms with Gasteiger partial charge in [0.25, 0.3) is 0 Å². The fourth-order valence-corrected chi connectivity index (χ4v) is 2.25. The molecule has 0 aliphatic carbocycles. The van der Waals surface area contributed by atoms with Crippen molar-refractivity contribution in [2.45, 2.75) is 27.3 Å². The van der Waals surface area contributed by atoms with E-state index in [9.17, 15) is 9.59 Å². The molecule has 0 fully saturated rings. The van der Waals surface area contributed by atoms with E-state index < -0.39 is 5.41 Å². The highest BCUT2D eigenvalue weighted by molar-refractivity contribution is 6.30. The van der Waals surface area contributed by atoms with E-state index in [-0.39, 0.29) is 11.8 Å². The van der Waals surface area contributed by atoms with Gasteiger partial charge < -0.3 is 10.6 Å². The minimum Gasteiger partial charge on any atom is -0.351 e. The first-order chi connectivity index (χ1) is 11.3. The third kappa shape index (κ3) is 4.36. The average Bonchev–Trinajstić information content (AvgIpc) is 2.55. The number of nitrogens with one attached hydrogen (secondary N) is 2. The van der Waals surface area contributed by atoms with Gasteiger partial charge in [0.2, 0.25) is 11.8 Å². The fraction of sp³-hybridized carbons (Fsp3) is 0.263. The predicted molar refractivity (Wildman–Crippen MR) is 96.9 cm³/mol. The lowest BCUT2D eigenvalue weighted by atomic mass is 9.90. The molecule has 4 nitrogen and oxygen atoms in total. The third-order valence-corrected chi connectivity index (χ3v) is 4.19. The van der Waals surface area contributed by atoms with Crippen molar-refractivity contribution in [2.75, 3.05) is 5.32 Å². The van der Waals surface area contributed by atoms with E-state index in [1.165, 1.54) is 0 Å². The van der Waals surface area contributed by atoms with Crippen LogP contribution in [0, 0.1) is 12.3 Å². The summed E-state index contributed by atoms with van der Waals surface area (Å²) in [6, 6.07) is 14.6. The number of carbonyl (C=O) groups is 2. The summed E-state index contributed by atoms with van der Waals surface area (Å²) in [5.74, 6) is -0.690. The summed E-state index contributed by atoms with van der Waals surface area (Å²) in [5.41, 5.74) is 1.53. The molecule has 2 amide bonds. The molecule has 0 aliphatic heterocycles. The van der Waals surface area contributed by atoms with Crippen LogP contribution in [0.3, 0.4) is 0 Å². The molecule has 2 aromatic rings. The first-order valence-electron chi connectivity index (χ1n) is 7.70. The van der Waals surface area contributed by atoms with Crippen molar-refractivity contribution >= 4 is 29.1 Å². The van der Waals surface area contributed by atoms with Crippen LogP contribution in [0.5, 0.6) is 0 Å². The Morgan fingerprint density at radius 2 is 1.62 bits per heavy atom. The zero-order valence-corrected chi connectivity index (χ0v) is 14.8. The van der Waals surface area contributed by atoms with E-state index in [4.69, 9.17) is 11.6 Å². The van der Waals surface area contributed by atoms with Crippen LogP contribution in [0.15, 0.2) is 48.5 Å². The van der Waals surface area contributed by atoms with Gasteiger partial charge in [-0.1, -0.05) is 35.9 Å². The predicted octanol–water partition coefficient (Wildman–Crippen LogP) is 3.93. The van der Waals surface area contributed by atoms with Crippen LogP contribution in [0.25, 0.3) is 0 Å². The number of amides is 2. The van der Waals surface area contributed by atoms with Crippen LogP contribution in [0.2, 0.25) is 5.02 Å². The van der Waals surface area contributed by atoms with Crippen molar-refractivity contribution in [2.24, 2.45) is 5.41 Å². The van der Waals surface area contributed by atoms with Gasteiger partial charge in [0, 0.05) is 17.3 Å². The Bertz CT molecular complexity index is 739. The maximum atomic E-state index is 12.4. The van der Waals surface area contributed by atoms with E-state index in [1.807, 2.05) is 31.2 Å². The SMILES string of the molecule is Cc1ccccc1CNC(=O)C(C)(C)C(=O)Nc1ccc(Cl)cc1.